The molecule has 0 aliphatic heterocycles. The van der Waals surface area contributed by atoms with Gasteiger partial charge < -0.3 is 9.47 Å². The number of ketones is 2. The molecule has 0 saturated carbocycles. The van der Waals surface area contributed by atoms with E-state index in [-0.39, 0.29) is 18.8 Å². The van der Waals surface area contributed by atoms with Gasteiger partial charge in [0, 0.05) is 10.6 Å². The van der Waals surface area contributed by atoms with Crippen molar-refractivity contribution in [1.29, 1.82) is 0 Å². The SMILES string of the molecule is CCCCOC(=O)C(=O)C(C(=O)OCC)C(=O)c1ccc(Cl)cc1. The van der Waals surface area contributed by atoms with E-state index in [1.165, 1.54) is 31.2 Å². The first-order chi connectivity index (χ1) is 11.4. The van der Waals surface area contributed by atoms with Crippen LogP contribution in [0.15, 0.2) is 24.3 Å². The summed E-state index contributed by atoms with van der Waals surface area (Å²) in [6, 6.07) is 5.63. The highest BCUT2D eigenvalue weighted by atomic mass is 35.5. The molecule has 1 aromatic carbocycles. The van der Waals surface area contributed by atoms with Crippen molar-refractivity contribution in [3.63, 3.8) is 0 Å². The van der Waals surface area contributed by atoms with Crippen LogP contribution in [-0.2, 0) is 23.9 Å². The minimum atomic E-state index is -1.87. The van der Waals surface area contributed by atoms with Gasteiger partial charge in [0.15, 0.2) is 11.7 Å². The zero-order chi connectivity index (χ0) is 18.1. The van der Waals surface area contributed by atoms with Crippen molar-refractivity contribution in [2.75, 3.05) is 13.2 Å². The summed E-state index contributed by atoms with van der Waals surface area (Å²) in [4.78, 5) is 48.5. The van der Waals surface area contributed by atoms with Gasteiger partial charge in [-0.05, 0) is 37.6 Å². The molecule has 6 nitrogen and oxygen atoms in total. The topological polar surface area (TPSA) is 86.7 Å². The molecule has 0 N–H and O–H groups in total. The standard InChI is InChI=1S/C17H19ClO6/c1-3-5-10-24-17(22)15(20)13(16(21)23-4-2)14(19)11-6-8-12(18)9-7-11/h6-9,13H,3-5,10H2,1-2H3. The lowest BCUT2D eigenvalue weighted by Gasteiger charge is -2.13. The van der Waals surface area contributed by atoms with Gasteiger partial charge in [-0.1, -0.05) is 24.9 Å². The Morgan fingerprint density at radius 1 is 1.04 bits per heavy atom. The van der Waals surface area contributed by atoms with Crippen LogP contribution in [0.5, 0.6) is 0 Å². The zero-order valence-electron chi connectivity index (χ0n) is 13.5. The fourth-order valence-corrected chi connectivity index (χ4v) is 1.96. The molecule has 0 spiro atoms. The third-order valence-electron chi connectivity index (χ3n) is 3.11. The van der Waals surface area contributed by atoms with Gasteiger partial charge in [0.25, 0.3) is 5.78 Å². The molecule has 0 saturated heterocycles. The summed E-state index contributed by atoms with van der Waals surface area (Å²) in [5, 5.41) is 0.393. The Hall–Kier alpha value is -2.21. The summed E-state index contributed by atoms with van der Waals surface area (Å²) < 4.78 is 9.54. The van der Waals surface area contributed by atoms with Crippen LogP contribution in [0.25, 0.3) is 0 Å². The minimum Gasteiger partial charge on any atom is -0.465 e. The van der Waals surface area contributed by atoms with Gasteiger partial charge in [0.05, 0.1) is 13.2 Å². The molecular formula is C17H19ClO6. The van der Waals surface area contributed by atoms with E-state index in [4.69, 9.17) is 21.1 Å². The number of Topliss-reactive ketones (excluding diaryl/α,β-unsaturated/α-hetero) is 2. The van der Waals surface area contributed by atoms with Crippen molar-refractivity contribution in [1.82, 2.24) is 0 Å². The Bertz CT molecular complexity index is 608. The van der Waals surface area contributed by atoms with Gasteiger partial charge in [-0.3, -0.25) is 14.4 Å². The maximum atomic E-state index is 12.5. The lowest BCUT2D eigenvalue weighted by molar-refractivity contribution is -0.160. The molecule has 0 amide bonds. The van der Waals surface area contributed by atoms with Gasteiger partial charge in [0.1, 0.15) is 0 Å². The molecule has 0 aromatic heterocycles. The number of carbonyl (C=O) groups is 4. The summed E-state index contributed by atoms with van der Waals surface area (Å²) in [6.45, 7) is 3.44. The molecule has 0 aliphatic carbocycles. The monoisotopic (exact) mass is 354 g/mol. The summed E-state index contributed by atoms with van der Waals surface area (Å²) in [5.74, 6) is -6.23. The van der Waals surface area contributed by atoms with Crippen molar-refractivity contribution < 1.29 is 28.7 Å². The van der Waals surface area contributed by atoms with Gasteiger partial charge in [-0.2, -0.15) is 0 Å². The Labute approximate surface area is 145 Å². The van der Waals surface area contributed by atoms with Crippen LogP contribution >= 0.6 is 11.6 Å². The van der Waals surface area contributed by atoms with Crippen molar-refractivity contribution in [3.05, 3.63) is 34.9 Å². The predicted molar refractivity (Wildman–Crippen MR) is 86.8 cm³/mol. The average Bonchev–Trinajstić information content (AvgIpc) is 2.55. The first-order valence-electron chi connectivity index (χ1n) is 7.59. The van der Waals surface area contributed by atoms with Crippen LogP contribution in [-0.4, -0.2) is 36.7 Å². The van der Waals surface area contributed by atoms with Crippen LogP contribution in [0, 0.1) is 5.92 Å². The lowest BCUT2D eigenvalue weighted by atomic mass is 9.93. The molecule has 0 bridgehead atoms. The van der Waals surface area contributed by atoms with Crippen molar-refractivity contribution in [3.8, 4) is 0 Å². The second-order valence-electron chi connectivity index (χ2n) is 4.91. The first-order valence-corrected chi connectivity index (χ1v) is 7.97. The predicted octanol–water partition coefficient (Wildman–Crippen LogP) is 2.61. The molecule has 1 unspecified atom stereocenters. The smallest absolute Gasteiger partial charge is 0.376 e. The highest BCUT2D eigenvalue weighted by Crippen LogP contribution is 2.16. The zero-order valence-corrected chi connectivity index (χ0v) is 14.3. The maximum Gasteiger partial charge on any atom is 0.376 e. The van der Waals surface area contributed by atoms with Gasteiger partial charge >= 0.3 is 11.9 Å². The van der Waals surface area contributed by atoms with E-state index < -0.39 is 29.4 Å². The van der Waals surface area contributed by atoms with E-state index in [1.54, 1.807) is 0 Å². The molecule has 0 fully saturated rings. The third-order valence-corrected chi connectivity index (χ3v) is 3.36. The van der Waals surface area contributed by atoms with Crippen molar-refractivity contribution in [2.45, 2.75) is 26.7 Å². The second-order valence-corrected chi connectivity index (χ2v) is 5.35. The van der Waals surface area contributed by atoms with Gasteiger partial charge in [0.2, 0.25) is 0 Å². The number of benzene rings is 1. The quantitative estimate of drug-likeness (QED) is 0.223. The van der Waals surface area contributed by atoms with Crippen molar-refractivity contribution >= 4 is 35.1 Å². The average molecular weight is 355 g/mol. The Morgan fingerprint density at radius 3 is 2.21 bits per heavy atom. The summed E-state index contributed by atoms with van der Waals surface area (Å²) in [7, 11) is 0. The van der Waals surface area contributed by atoms with E-state index in [1.807, 2.05) is 6.92 Å². The number of esters is 2. The van der Waals surface area contributed by atoms with Gasteiger partial charge in [-0.15, -0.1) is 0 Å². The Kier molecular flexibility index (Phi) is 8.12. The molecule has 0 aliphatic rings. The summed E-state index contributed by atoms with van der Waals surface area (Å²) in [5.41, 5.74) is 0.0761. The molecule has 7 heteroatoms. The highest BCUT2D eigenvalue weighted by Gasteiger charge is 2.40. The first kappa shape index (κ1) is 19.8. The van der Waals surface area contributed by atoms with E-state index in [2.05, 4.69) is 0 Å². The lowest BCUT2D eigenvalue weighted by Crippen LogP contribution is -2.38. The second kappa shape index (κ2) is 9.82. The van der Waals surface area contributed by atoms with Crippen LogP contribution in [0.1, 0.15) is 37.0 Å². The van der Waals surface area contributed by atoms with Crippen LogP contribution in [0.3, 0.4) is 0 Å². The molecular weight excluding hydrogens is 336 g/mol. The molecule has 1 atom stereocenters. The molecule has 1 rings (SSSR count). The molecule has 24 heavy (non-hydrogen) atoms. The minimum absolute atomic E-state index is 0.0264. The number of carbonyl (C=O) groups excluding carboxylic acids is 4. The van der Waals surface area contributed by atoms with E-state index >= 15 is 0 Å². The number of hydrogen-bond acceptors (Lipinski definition) is 6. The van der Waals surface area contributed by atoms with Crippen LogP contribution in [0.4, 0.5) is 0 Å². The number of unbranched alkanes of at least 4 members (excludes halogenated alkanes) is 1. The number of rotatable bonds is 9. The molecule has 0 heterocycles. The van der Waals surface area contributed by atoms with Crippen LogP contribution in [0.2, 0.25) is 5.02 Å². The number of hydrogen-bond donors (Lipinski definition) is 0. The molecule has 130 valence electrons. The number of ether oxygens (including phenoxy) is 2. The normalized spacial score (nSPS) is 11.5. The highest BCUT2D eigenvalue weighted by molar-refractivity contribution is 6.44. The fourth-order valence-electron chi connectivity index (χ4n) is 1.84. The Balaban J connectivity index is 3.00. The van der Waals surface area contributed by atoms with E-state index in [0.29, 0.717) is 11.4 Å². The van der Waals surface area contributed by atoms with Gasteiger partial charge in [-0.25, -0.2) is 4.79 Å². The van der Waals surface area contributed by atoms with E-state index in [0.717, 1.165) is 6.42 Å². The summed E-state index contributed by atoms with van der Waals surface area (Å²) in [6.07, 6.45) is 1.35. The fraction of sp³-hybridized carbons (Fsp3) is 0.412. The number of halogens is 1. The largest absolute Gasteiger partial charge is 0.465 e. The van der Waals surface area contributed by atoms with Crippen molar-refractivity contribution in [2.24, 2.45) is 5.92 Å². The van der Waals surface area contributed by atoms with Crippen LogP contribution < -0.4 is 0 Å². The summed E-state index contributed by atoms with van der Waals surface area (Å²) >= 11 is 5.75. The molecule has 1 aromatic rings. The maximum absolute atomic E-state index is 12.5. The Morgan fingerprint density at radius 2 is 1.67 bits per heavy atom. The molecule has 0 radical (unpaired) electrons. The third kappa shape index (κ3) is 5.45. The van der Waals surface area contributed by atoms with E-state index in [9.17, 15) is 19.2 Å².